The van der Waals surface area contributed by atoms with E-state index in [0.29, 0.717) is 29.0 Å². The fourth-order valence-electron chi connectivity index (χ4n) is 5.03. The number of benzene rings is 2. The first-order chi connectivity index (χ1) is 17.5. The maximum absolute atomic E-state index is 13.8. The monoisotopic (exact) mass is 501 g/mol. The highest BCUT2D eigenvalue weighted by Gasteiger charge is 2.26. The molecule has 6 nitrogen and oxygen atoms in total. The minimum Gasteiger partial charge on any atom is -0.337 e. The molecule has 0 saturated heterocycles. The quantitative estimate of drug-likeness (QED) is 0.369. The van der Waals surface area contributed by atoms with E-state index in [4.69, 9.17) is 0 Å². The summed E-state index contributed by atoms with van der Waals surface area (Å²) in [5, 5.41) is 0.604. The van der Waals surface area contributed by atoms with Crippen molar-refractivity contribution >= 4 is 27.5 Å². The van der Waals surface area contributed by atoms with Crippen molar-refractivity contribution in [1.29, 1.82) is 0 Å². The largest absolute Gasteiger partial charge is 0.337 e. The average molecular weight is 502 g/mol. The fourth-order valence-corrected chi connectivity index (χ4v) is 6.40. The smallest absolute Gasteiger partial charge is 0.337 e. The number of likely N-dealkylation sites (N-methyl/N-ethyl adjacent to an activating group) is 1. The van der Waals surface area contributed by atoms with Crippen molar-refractivity contribution in [2.75, 3.05) is 6.54 Å². The Kier molecular flexibility index (Phi) is 6.92. The van der Waals surface area contributed by atoms with Gasteiger partial charge in [0.05, 0.1) is 11.1 Å². The van der Waals surface area contributed by atoms with Crippen LogP contribution in [0.25, 0.3) is 15.9 Å². The van der Waals surface area contributed by atoms with E-state index in [-0.39, 0.29) is 18.0 Å². The Morgan fingerprint density at radius 2 is 1.67 bits per heavy atom. The van der Waals surface area contributed by atoms with Crippen molar-refractivity contribution in [3.05, 3.63) is 97.0 Å². The van der Waals surface area contributed by atoms with Crippen LogP contribution in [0.2, 0.25) is 0 Å². The third-order valence-corrected chi connectivity index (χ3v) is 8.40. The molecule has 0 fully saturated rings. The number of carbonyl (C=O) groups excluding carboxylic acids is 1. The molecule has 2 aromatic heterocycles. The fraction of sp³-hybridized carbons (Fsp3) is 0.345. The van der Waals surface area contributed by atoms with Gasteiger partial charge in [-0.2, -0.15) is 0 Å². The van der Waals surface area contributed by atoms with Gasteiger partial charge in [0.25, 0.3) is 5.56 Å². The second-order valence-electron chi connectivity index (χ2n) is 9.31. The third kappa shape index (κ3) is 4.44. The Morgan fingerprint density at radius 1 is 0.944 bits per heavy atom. The van der Waals surface area contributed by atoms with Crippen LogP contribution in [0.5, 0.6) is 0 Å². The summed E-state index contributed by atoms with van der Waals surface area (Å²) in [6.07, 6.45) is 4.73. The Bertz CT molecular complexity index is 1510. The van der Waals surface area contributed by atoms with Gasteiger partial charge in [-0.05, 0) is 67.9 Å². The van der Waals surface area contributed by atoms with Crippen molar-refractivity contribution in [1.82, 2.24) is 14.0 Å². The Hall–Kier alpha value is -3.45. The van der Waals surface area contributed by atoms with Crippen molar-refractivity contribution in [2.24, 2.45) is 0 Å². The molecule has 2 heterocycles. The number of thiophene rings is 1. The molecule has 0 aliphatic heterocycles. The van der Waals surface area contributed by atoms with Crippen LogP contribution in [0.3, 0.4) is 0 Å². The van der Waals surface area contributed by atoms with Gasteiger partial charge in [-0.1, -0.05) is 49.4 Å². The predicted molar refractivity (Wildman–Crippen MR) is 145 cm³/mol. The summed E-state index contributed by atoms with van der Waals surface area (Å²) in [6.45, 7) is 4.93. The molecule has 1 amide bonds. The number of hydrogen-bond donors (Lipinski definition) is 0. The molecule has 186 valence electrons. The van der Waals surface area contributed by atoms with Crippen LogP contribution < -0.4 is 11.2 Å². The lowest BCUT2D eigenvalue weighted by atomic mass is 9.97. The summed E-state index contributed by atoms with van der Waals surface area (Å²) in [6, 6.07) is 17.4. The van der Waals surface area contributed by atoms with Gasteiger partial charge in [0.1, 0.15) is 11.4 Å². The zero-order chi connectivity index (χ0) is 25.2. The summed E-state index contributed by atoms with van der Waals surface area (Å²) in [4.78, 5) is 44.6. The molecule has 0 bridgehead atoms. The van der Waals surface area contributed by atoms with E-state index in [1.54, 1.807) is 4.90 Å². The van der Waals surface area contributed by atoms with E-state index in [1.165, 1.54) is 25.3 Å². The summed E-state index contributed by atoms with van der Waals surface area (Å²) >= 11 is 1.51. The zero-order valence-electron chi connectivity index (χ0n) is 20.8. The first kappa shape index (κ1) is 24.3. The summed E-state index contributed by atoms with van der Waals surface area (Å²) in [5.74, 6) is -0.136. The molecule has 2 aromatic carbocycles. The molecule has 1 aliphatic rings. The van der Waals surface area contributed by atoms with Crippen LogP contribution in [0, 0.1) is 0 Å². The number of carbonyl (C=O) groups is 1. The third-order valence-electron chi connectivity index (χ3n) is 7.08. The highest BCUT2D eigenvalue weighted by Crippen LogP contribution is 2.34. The SMILES string of the molecule is CCc1ccc(-n2c(=O)c3c4c(sc3n(CC(=O)N(CC)Cc3ccccc3)c2=O)CCCC4)cc1. The second-order valence-corrected chi connectivity index (χ2v) is 10.4. The Morgan fingerprint density at radius 3 is 2.36 bits per heavy atom. The number of hydrogen-bond acceptors (Lipinski definition) is 4. The van der Waals surface area contributed by atoms with Gasteiger partial charge in [0, 0.05) is 18.0 Å². The molecule has 36 heavy (non-hydrogen) atoms. The second kappa shape index (κ2) is 10.3. The van der Waals surface area contributed by atoms with Crippen LogP contribution >= 0.6 is 11.3 Å². The van der Waals surface area contributed by atoms with Crippen molar-refractivity contribution in [2.45, 2.75) is 59.0 Å². The standard InChI is InChI=1S/C29H31N3O3S/c1-3-20-14-16-22(17-15-20)32-27(34)26-23-12-8-9-13-24(23)36-28(26)31(29(32)35)19-25(33)30(4-2)18-21-10-6-5-7-11-21/h5-7,10-11,14-17H,3-4,8-9,12-13,18-19H2,1-2H3. The van der Waals surface area contributed by atoms with Gasteiger partial charge in [0.15, 0.2) is 0 Å². The number of rotatable bonds is 7. The summed E-state index contributed by atoms with van der Waals surface area (Å²) in [7, 11) is 0. The summed E-state index contributed by atoms with van der Waals surface area (Å²) < 4.78 is 2.79. The van der Waals surface area contributed by atoms with E-state index in [9.17, 15) is 14.4 Å². The van der Waals surface area contributed by atoms with Crippen LogP contribution in [-0.2, 0) is 37.1 Å². The maximum Gasteiger partial charge on any atom is 0.337 e. The lowest BCUT2D eigenvalue weighted by Gasteiger charge is -2.22. The van der Waals surface area contributed by atoms with Crippen LogP contribution in [0.1, 0.15) is 48.3 Å². The van der Waals surface area contributed by atoms with Crippen LogP contribution in [0.4, 0.5) is 0 Å². The molecule has 0 saturated carbocycles. The summed E-state index contributed by atoms with van der Waals surface area (Å²) in [5.41, 5.74) is 3.03. The molecular weight excluding hydrogens is 470 g/mol. The normalized spacial score (nSPS) is 13.1. The number of aromatic nitrogens is 2. The zero-order valence-corrected chi connectivity index (χ0v) is 21.6. The number of aryl methyl sites for hydroxylation is 3. The molecule has 0 atom stereocenters. The molecule has 4 aromatic rings. The van der Waals surface area contributed by atoms with Gasteiger partial charge in [-0.15, -0.1) is 11.3 Å². The molecule has 5 rings (SSSR count). The van der Waals surface area contributed by atoms with Crippen molar-refractivity contribution in [3.63, 3.8) is 0 Å². The molecule has 0 N–H and O–H groups in total. The van der Waals surface area contributed by atoms with E-state index in [1.807, 2.05) is 61.5 Å². The minimum atomic E-state index is -0.459. The van der Waals surface area contributed by atoms with E-state index >= 15 is 0 Å². The first-order valence-corrected chi connectivity index (χ1v) is 13.5. The van der Waals surface area contributed by atoms with Gasteiger partial charge in [-0.3, -0.25) is 14.2 Å². The van der Waals surface area contributed by atoms with Gasteiger partial charge < -0.3 is 4.90 Å². The van der Waals surface area contributed by atoms with Gasteiger partial charge in [0.2, 0.25) is 5.91 Å². The number of fused-ring (bicyclic) bond motifs is 3. The maximum atomic E-state index is 13.8. The Balaban J connectivity index is 1.64. The number of amides is 1. The average Bonchev–Trinajstić information content (AvgIpc) is 3.30. The molecule has 7 heteroatoms. The highest BCUT2D eigenvalue weighted by atomic mass is 32.1. The first-order valence-electron chi connectivity index (χ1n) is 12.7. The molecular formula is C29H31N3O3S. The molecule has 1 aliphatic carbocycles. The lowest BCUT2D eigenvalue weighted by molar-refractivity contribution is -0.132. The van der Waals surface area contributed by atoms with Gasteiger partial charge in [-0.25, -0.2) is 9.36 Å². The molecule has 0 unspecified atom stereocenters. The van der Waals surface area contributed by atoms with Crippen LogP contribution in [0.15, 0.2) is 64.2 Å². The molecule has 0 spiro atoms. The molecule has 0 radical (unpaired) electrons. The van der Waals surface area contributed by atoms with Crippen molar-refractivity contribution in [3.8, 4) is 5.69 Å². The topological polar surface area (TPSA) is 64.3 Å². The van der Waals surface area contributed by atoms with Crippen LogP contribution in [-0.4, -0.2) is 26.5 Å². The lowest BCUT2D eigenvalue weighted by Crippen LogP contribution is -2.42. The predicted octanol–water partition coefficient (Wildman–Crippen LogP) is 4.70. The van der Waals surface area contributed by atoms with E-state index in [0.717, 1.165) is 48.8 Å². The number of nitrogens with zero attached hydrogens (tertiary/aromatic N) is 3. The minimum absolute atomic E-state index is 0.0945. The Labute approximate surface area is 214 Å². The van der Waals surface area contributed by atoms with Crippen molar-refractivity contribution < 1.29 is 4.79 Å². The highest BCUT2D eigenvalue weighted by molar-refractivity contribution is 7.18. The van der Waals surface area contributed by atoms with Gasteiger partial charge >= 0.3 is 5.69 Å². The van der Waals surface area contributed by atoms with E-state index < -0.39 is 5.69 Å². The van der Waals surface area contributed by atoms with E-state index in [2.05, 4.69) is 6.92 Å².